The summed E-state index contributed by atoms with van der Waals surface area (Å²) in [6.07, 6.45) is 6.24. The predicted molar refractivity (Wildman–Crippen MR) is 130 cm³/mol. The summed E-state index contributed by atoms with van der Waals surface area (Å²) in [5.41, 5.74) is 2.71. The van der Waals surface area contributed by atoms with Crippen molar-refractivity contribution < 1.29 is 14.3 Å². The molecule has 0 aromatic heterocycles. The minimum Gasteiger partial charge on any atom is -0.493 e. The number of nitrogens with zero attached hydrogens (tertiary/aromatic N) is 1. The molecule has 1 aliphatic heterocycles. The van der Waals surface area contributed by atoms with Crippen LogP contribution in [0.1, 0.15) is 43.7 Å². The Bertz CT molecular complexity index is 987. The number of carbonyl (C=O) groups excluding carboxylic acids is 1. The molecule has 7 heteroatoms. The highest BCUT2D eigenvalue weighted by atomic mass is 35.5. The van der Waals surface area contributed by atoms with Crippen LogP contribution in [0.15, 0.2) is 46.3 Å². The van der Waals surface area contributed by atoms with Gasteiger partial charge in [0.1, 0.15) is 0 Å². The number of unbranched alkanes of at least 4 members (excludes halogenated alkanes) is 3. The molecule has 2 aromatic rings. The van der Waals surface area contributed by atoms with E-state index in [9.17, 15) is 4.79 Å². The molecule has 1 fully saturated rings. The Morgan fingerprint density at radius 1 is 1.16 bits per heavy atom. The summed E-state index contributed by atoms with van der Waals surface area (Å²) < 4.78 is 11.3. The van der Waals surface area contributed by atoms with Gasteiger partial charge in [0.15, 0.2) is 16.7 Å². The second-order valence-corrected chi connectivity index (χ2v) is 8.70. The molecule has 0 radical (unpaired) electrons. The first-order valence-corrected chi connectivity index (χ1v) is 11.6. The third-order valence-electron chi connectivity index (χ3n) is 4.71. The largest absolute Gasteiger partial charge is 0.493 e. The third kappa shape index (κ3) is 6.52. The number of amides is 1. The molecular weight excluding hydrogens is 432 g/mol. The van der Waals surface area contributed by atoms with Gasteiger partial charge in [0, 0.05) is 0 Å². The number of amidine groups is 1. The average molecular weight is 459 g/mol. The molecule has 0 atom stereocenters. The standard InChI is InChI=1S/C24H27ClN2O3S/c1-4-5-6-7-12-30-22-19(25)13-17(14-20(22)29-3)15-21-23(28)27-24(31-21)26-18-10-8-16(2)9-11-18/h8-11,13-15H,4-7,12H2,1-3H3,(H,26,27,28)/b21-15+. The van der Waals surface area contributed by atoms with E-state index in [0.717, 1.165) is 29.7 Å². The number of rotatable bonds is 9. The molecule has 0 spiro atoms. The maximum atomic E-state index is 12.4. The number of thioether (sulfide) groups is 1. The lowest BCUT2D eigenvalue weighted by Gasteiger charge is -2.13. The summed E-state index contributed by atoms with van der Waals surface area (Å²) in [7, 11) is 1.58. The average Bonchev–Trinajstić information content (AvgIpc) is 3.09. The van der Waals surface area contributed by atoms with Gasteiger partial charge in [0.2, 0.25) is 0 Å². The number of halogens is 1. The van der Waals surface area contributed by atoms with Gasteiger partial charge in [0.05, 0.1) is 29.3 Å². The number of carbonyl (C=O) groups is 1. The van der Waals surface area contributed by atoms with E-state index in [1.54, 1.807) is 19.3 Å². The molecule has 3 rings (SSSR count). The zero-order chi connectivity index (χ0) is 22.2. The van der Waals surface area contributed by atoms with Crippen LogP contribution in [0.25, 0.3) is 6.08 Å². The fourth-order valence-electron chi connectivity index (χ4n) is 3.03. The lowest BCUT2D eigenvalue weighted by Crippen LogP contribution is -2.19. The number of methoxy groups -OCH3 is 1. The molecule has 1 aliphatic rings. The van der Waals surface area contributed by atoms with Crippen molar-refractivity contribution in [1.29, 1.82) is 0 Å². The molecule has 0 aliphatic carbocycles. The van der Waals surface area contributed by atoms with Gasteiger partial charge in [-0.15, -0.1) is 0 Å². The molecule has 0 unspecified atom stereocenters. The molecule has 1 heterocycles. The van der Waals surface area contributed by atoms with Crippen molar-refractivity contribution in [3.63, 3.8) is 0 Å². The van der Waals surface area contributed by atoms with Crippen molar-refractivity contribution in [1.82, 2.24) is 5.32 Å². The Morgan fingerprint density at radius 2 is 1.94 bits per heavy atom. The first kappa shape index (κ1) is 23.2. The number of aryl methyl sites for hydroxylation is 1. The van der Waals surface area contributed by atoms with Crippen LogP contribution in [0.5, 0.6) is 11.5 Å². The van der Waals surface area contributed by atoms with Crippen LogP contribution in [0, 0.1) is 6.92 Å². The molecule has 2 aromatic carbocycles. The van der Waals surface area contributed by atoms with Crippen LogP contribution in [0.3, 0.4) is 0 Å². The smallest absolute Gasteiger partial charge is 0.264 e. The predicted octanol–water partition coefficient (Wildman–Crippen LogP) is 6.51. The monoisotopic (exact) mass is 458 g/mol. The number of ether oxygens (including phenoxy) is 2. The van der Waals surface area contributed by atoms with Crippen molar-refractivity contribution in [3.05, 3.63) is 57.5 Å². The molecular formula is C24H27ClN2O3S. The van der Waals surface area contributed by atoms with E-state index in [0.29, 0.717) is 33.2 Å². The number of nitrogens with one attached hydrogen (secondary N) is 1. The summed E-state index contributed by atoms with van der Waals surface area (Å²) in [6.45, 7) is 4.79. The minimum atomic E-state index is -0.192. The Morgan fingerprint density at radius 3 is 2.65 bits per heavy atom. The Hall–Kier alpha value is -2.44. The highest BCUT2D eigenvalue weighted by molar-refractivity contribution is 8.18. The van der Waals surface area contributed by atoms with Crippen LogP contribution in [0.2, 0.25) is 5.02 Å². The second-order valence-electron chi connectivity index (χ2n) is 7.26. The fraction of sp³-hybridized carbons (Fsp3) is 0.333. The van der Waals surface area contributed by atoms with Gasteiger partial charge in [-0.1, -0.05) is 55.5 Å². The van der Waals surface area contributed by atoms with E-state index in [4.69, 9.17) is 21.1 Å². The molecule has 5 nitrogen and oxygen atoms in total. The van der Waals surface area contributed by atoms with E-state index < -0.39 is 0 Å². The van der Waals surface area contributed by atoms with E-state index >= 15 is 0 Å². The zero-order valence-electron chi connectivity index (χ0n) is 18.0. The zero-order valence-corrected chi connectivity index (χ0v) is 19.6. The van der Waals surface area contributed by atoms with Crippen molar-refractivity contribution in [2.45, 2.75) is 39.5 Å². The Labute approximate surface area is 192 Å². The SMILES string of the molecule is CCCCCCOc1c(Cl)cc(/C=C2/SC(=Nc3ccc(C)cc3)NC2=O)cc1OC. The first-order chi connectivity index (χ1) is 15.0. The van der Waals surface area contributed by atoms with Gasteiger partial charge in [0.25, 0.3) is 5.91 Å². The van der Waals surface area contributed by atoms with Crippen LogP contribution in [0.4, 0.5) is 5.69 Å². The highest BCUT2D eigenvalue weighted by Crippen LogP contribution is 2.38. The molecule has 0 saturated carbocycles. The van der Waals surface area contributed by atoms with Gasteiger partial charge in [-0.25, -0.2) is 4.99 Å². The summed E-state index contributed by atoms with van der Waals surface area (Å²) >= 11 is 7.75. The molecule has 31 heavy (non-hydrogen) atoms. The van der Waals surface area contributed by atoms with Gasteiger partial charge in [-0.05, 0) is 61.0 Å². The summed E-state index contributed by atoms with van der Waals surface area (Å²) in [5.74, 6) is 0.891. The number of benzene rings is 2. The normalized spacial score (nSPS) is 16.1. The summed E-state index contributed by atoms with van der Waals surface area (Å²) in [5, 5.41) is 3.81. The topological polar surface area (TPSA) is 59.9 Å². The number of hydrogen-bond acceptors (Lipinski definition) is 5. The van der Waals surface area contributed by atoms with Crippen molar-refractivity contribution in [2.24, 2.45) is 4.99 Å². The van der Waals surface area contributed by atoms with E-state index in [2.05, 4.69) is 17.2 Å². The van der Waals surface area contributed by atoms with E-state index in [-0.39, 0.29) is 5.91 Å². The van der Waals surface area contributed by atoms with Gasteiger partial charge >= 0.3 is 0 Å². The summed E-state index contributed by atoms with van der Waals surface area (Å²) in [4.78, 5) is 17.4. The van der Waals surface area contributed by atoms with E-state index in [1.165, 1.54) is 24.6 Å². The fourth-order valence-corrected chi connectivity index (χ4v) is 4.15. The van der Waals surface area contributed by atoms with Crippen LogP contribution < -0.4 is 14.8 Å². The molecule has 0 bridgehead atoms. The van der Waals surface area contributed by atoms with Gasteiger partial charge in [-0.3, -0.25) is 4.79 Å². The lowest BCUT2D eigenvalue weighted by molar-refractivity contribution is -0.115. The first-order valence-electron chi connectivity index (χ1n) is 10.4. The van der Waals surface area contributed by atoms with Crippen LogP contribution in [-0.2, 0) is 4.79 Å². The van der Waals surface area contributed by atoms with Crippen LogP contribution >= 0.6 is 23.4 Å². The van der Waals surface area contributed by atoms with Gasteiger partial charge < -0.3 is 14.8 Å². The van der Waals surface area contributed by atoms with Crippen molar-refractivity contribution >= 4 is 46.2 Å². The minimum absolute atomic E-state index is 0.192. The molecule has 1 amide bonds. The van der Waals surface area contributed by atoms with Gasteiger partial charge in [-0.2, -0.15) is 0 Å². The quantitative estimate of drug-likeness (QED) is 0.343. The van der Waals surface area contributed by atoms with E-state index in [1.807, 2.05) is 37.3 Å². The number of hydrogen-bond donors (Lipinski definition) is 1. The molecule has 1 N–H and O–H groups in total. The Kier molecular flexibility index (Phi) is 8.43. The maximum Gasteiger partial charge on any atom is 0.264 e. The lowest BCUT2D eigenvalue weighted by atomic mass is 10.1. The third-order valence-corrected chi connectivity index (χ3v) is 5.90. The van der Waals surface area contributed by atoms with Crippen molar-refractivity contribution in [2.75, 3.05) is 13.7 Å². The van der Waals surface area contributed by atoms with Crippen LogP contribution in [-0.4, -0.2) is 24.8 Å². The number of aliphatic imine (C=N–C) groups is 1. The highest BCUT2D eigenvalue weighted by Gasteiger charge is 2.24. The molecule has 1 saturated heterocycles. The summed E-state index contributed by atoms with van der Waals surface area (Å²) in [6, 6.07) is 11.4. The molecule has 164 valence electrons. The van der Waals surface area contributed by atoms with Crippen molar-refractivity contribution in [3.8, 4) is 11.5 Å². The Balaban J connectivity index is 1.74. The maximum absolute atomic E-state index is 12.4. The second kappa shape index (κ2) is 11.3.